The molecule has 4 heteroatoms. The molecule has 0 aliphatic rings. The fourth-order valence-corrected chi connectivity index (χ4v) is 1.92. The van der Waals surface area contributed by atoms with Gasteiger partial charge in [-0.3, -0.25) is 4.99 Å². The zero-order chi connectivity index (χ0) is 11.0. The quantitative estimate of drug-likeness (QED) is 0.489. The van der Waals surface area contributed by atoms with Crippen molar-refractivity contribution in [1.82, 2.24) is 4.90 Å². The lowest BCUT2D eigenvalue weighted by atomic mass is 10.2. The Morgan fingerprint density at radius 2 is 2.00 bits per heavy atom. The molecule has 0 saturated heterocycles. The van der Waals surface area contributed by atoms with Crippen molar-refractivity contribution in [2.75, 3.05) is 18.9 Å². The highest BCUT2D eigenvalue weighted by Crippen LogP contribution is 2.07. The Balaban J connectivity index is 4.59. The molecule has 0 saturated carbocycles. The van der Waals surface area contributed by atoms with Crippen LogP contribution in [0.25, 0.3) is 0 Å². The molecular weight excluding hydrogens is 204 g/mol. The third-order valence-corrected chi connectivity index (χ3v) is 2.58. The smallest absolute Gasteiger partial charge is 0.0542 e. The summed E-state index contributed by atoms with van der Waals surface area (Å²) in [4.78, 5) is 6.56. The summed E-state index contributed by atoms with van der Waals surface area (Å²) in [7, 11) is 6.87. The molecule has 0 N–H and O–H groups in total. The van der Waals surface area contributed by atoms with Gasteiger partial charge in [-0.05, 0) is 26.3 Å². The van der Waals surface area contributed by atoms with Gasteiger partial charge >= 0.3 is 0 Å². The lowest BCUT2D eigenvalue weighted by Gasteiger charge is -2.23. The molecule has 0 heterocycles. The third kappa shape index (κ3) is 4.76. The summed E-state index contributed by atoms with van der Waals surface area (Å²) in [5.74, 6) is 0. The summed E-state index contributed by atoms with van der Waals surface area (Å²) < 4.78 is 0. The van der Waals surface area contributed by atoms with E-state index in [2.05, 4.69) is 50.3 Å². The average Bonchev–Trinajstić information content (AvgIpc) is 2.18. The fraction of sp³-hybridized carbons (Fsp3) is 0.700. The molecule has 0 aromatic carbocycles. The van der Waals surface area contributed by atoms with Gasteiger partial charge in [0.05, 0.1) is 20.5 Å². The molecule has 0 bridgehead atoms. The van der Waals surface area contributed by atoms with Crippen molar-refractivity contribution < 1.29 is 0 Å². The lowest BCUT2D eigenvalue weighted by molar-refractivity contribution is 0.409. The van der Waals surface area contributed by atoms with Crippen LogP contribution >= 0.6 is 0 Å². The van der Waals surface area contributed by atoms with Crippen LogP contribution in [0.2, 0.25) is 0 Å². The van der Waals surface area contributed by atoms with Gasteiger partial charge < -0.3 is 4.90 Å². The van der Waals surface area contributed by atoms with E-state index < -0.39 is 0 Å². The van der Waals surface area contributed by atoms with Crippen LogP contribution in [-0.2, 0) is 0 Å². The predicted molar refractivity (Wildman–Crippen MR) is 65.1 cm³/mol. The van der Waals surface area contributed by atoms with Crippen LogP contribution in [0.5, 0.6) is 0 Å². The molecule has 0 fully saturated rings. The highest BCUT2D eigenvalue weighted by atomic mass is 28.1. The summed E-state index contributed by atoms with van der Waals surface area (Å²) >= 11 is 0. The molecule has 0 aliphatic heterocycles. The molecule has 76 valence electrons. The second kappa shape index (κ2) is 7.99. The minimum absolute atomic E-state index is 0.666. The molecule has 0 rings (SSSR count). The van der Waals surface area contributed by atoms with Crippen molar-refractivity contribution in [2.24, 2.45) is 4.99 Å². The summed E-state index contributed by atoms with van der Waals surface area (Å²) in [5, 5.41) is 0. The van der Waals surface area contributed by atoms with E-state index in [4.69, 9.17) is 0 Å². The maximum Gasteiger partial charge on any atom is 0.0542 e. The van der Waals surface area contributed by atoms with Crippen molar-refractivity contribution >= 4 is 26.2 Å². The van der Waals surface area contributed by atoms with E-state index in [-0.39, 0.29) is 0 Å². The van der Waals surface area contributed by atoms with Gasteiger partial charge in [0.15, 0.2) is 0 Å². The summed E-state index contributed by atoms with van der Waals surface area (Å²) in [5.41, 5.74) is 2.39. The Kier molecular flexibility index (Phi) is 7.79. The molecule has 0 unspecified atom stereocenters. The average molecular weight is 222 g/mol. The van der Waals surface area contributed by atoms with Crippen LogP contribution in [-0.4, -0.2) is 50.0 Å². The standard InChI is InChI=1S/C10H18N2Si2/c1-4-10(12(5-2)8-14)6-9(3)11-7-13/h6H,4-5,7-8H2,1-3H3/b10-6-,11-9+. The molecule has 0 atom stereocenters. The van der Waals surface area contributed by atoms with Crippen LogP contribution in [0.1, 0.15) is 27.2 Å². The molecule has 0 aromatic heterocycles. The van der Waals surface area contributed by atoms with Gasteiger partial charge in [-0.25, -0.2) is 0 Å². The molecule has 2 nitrogen and oxygen atoms in total. The Morgan fingerprint density at radius 1 is 1.36 bits per heavy atom. The van der Waals surface area contributed by atoms with Gasteiger partial charge in [-0.2, -0.15) is 0 Å². The number of allylic oxidation sites excluding steroid dienone is 2. The van der Waals surface area contributed by atoms with E-state index >= 15 is 0 Å². The van der Waals surface area contributed by atoms with Crippen LogP contribution in [0.15, 0.2) is 16.8 Å². The Hall–Kier alpha value is -0.356. The molecule has 14 heavy (non-hydrogen) atoms. The minimum atomic E-state index is 0.666. The lowest BCUT2D eigenvalue weighted by Crippen LogP contribution is -2.24. The molecular formula is C10H18N2Si2. The van der Waals surface area contributed by atoms with Crippen molar-refractivity contribution in [2.45, 2.75) is 27.2 Å². The monoisotopic (exact) mass is 222 g/mol. The van der Waals surface area contributed by atoms with Crippen molar-refractivity contribution in [3.05, 3.63) is 11.8 Å². The van der Waals surface area contributed by atoms with Crippen LogP contribution in [0.3, 0.4) is 0 Å². The second-order valence-corrected chi connectivity index (χ2v) is 3.59. The zero-order valence-corrected chi connectivity index (χ0v) is 11.3. The number of aliphatic imine (C=N–C) groups is 1. The van der Waals surface area contributed by atoms with Gasteiger partial charge in [0.2, 0.25) is 0 Å². The largest absolute Gasteiger partial charge is 0.379 e. The van der Waals surface area contributed by atoms with E-state index in [1.54, 1.807) is 0 Å². The van der Waals surface area contributed by atoms with E-state index in [0.717, 1.165) is 24.8 Å². The van der Waals surface area contributed by atoms with Crippen molar-refractivity contribution in [1.29, 1.82) is 0 Å². The number of rotatable bonds is 6. The third-order valence-electron chi connectivity index (χ3n) is 2.04. The number of nitrogens with zero attached hydrogens (tertiary/aromatic N) is 2. The Labute approximate surface area is 94.3 Å². The maximum atomic E-state index is 4.27. The van der Waals surface area contributed by atoms with Crippen molar-refractivity contribution in [3.63, 3.8) is 0 Å². The van der Waals surface area contributed by atoms with Crippen LogP contribution in [0, 0.1) is 0 Å². The van der Waals surface area contributed by atoms with Crippen molar-refractivity contribution in [3.8, 4) is 0 Å². The van der Waals surface area contributed by atoms with Gasteiger partial charge in [-0.1, -0.05) is 6.92 Å². The first-order chi connectivity index (χ1) is 6.69. The molecule has 0 spiro atoms. The fourth-order valence-electron chi connectivity index (χ4n) is 1.24. The topological polar surface area (TPSA) is 15.6 Å². The zero-order valence-electron chi connectivity index (χ0n) is 9.30. The summed E-state index contributed by atoms with van der Waals surface area (Å²) in [6.45, 7) is 7.36. The minimum Gasteiger partial charge on any atom is -0.379 e. The normalized spacial score (nSPS) is 13.2. The molecule has 0 amide bonds. The summed E-state index contributed by atoms with van der Waals surface area (Å²) in [6.07, 6.45) is 4.72. The van der Waals surface area contributed by atoms with Crippen LogP contribution in [0.4, 0.5) is 0 Å². The van der Waals surface area contributed by atoms with Gasteiger partial charge in [-0.15, -0.1) is 0 Å². The molecule has 0 aromatic rings. The van der Waals surface area contributed by atoms with Crippen LogP contribution < -0.4 is 0 Å². The van der Waals surface area contributed by atoms with E-state index in [1.807, 2.05) is 6.92 Å². The first kappa shape index (κ1) is 13.6. The summed E-state index contributed by atoms with van der Waals surface area (Å²) in [6, 6.07) is 0. The number of hydrogen-bond acceptors (Lipinski definition) is 2. The van der Waals surface area contributed by atoms with E-state index in [9.17, 15) is 0 Å². The van der Waals surface area contributed by atoms with Gasteiger partial charge in [0.1, 0.15) is 0 Å². The molecule has 6 radical (unpaired) electrons. The number of hydrogen-bond donors (Lipinski definition) is 0. The second-order valence-electron chi connectivity index (χ2n) is 2.96. The molecule has 0 aliphatic carbocycles. The van der Waals surface area contributed by atoms with Gasteiger partial charge in [0, 0.05) is 30.3 Å². The van der Waals surface area contributed by atoms with Gasteiger partial charge in [0.25, 0.3) is 0 Å². The van der Waals surface area contributed by atoms with E-state index in [1.165, 1.54) is 5.70 Å². The predicted octanol–water partition coefficient (Wildman–Crippen LogP) is 1.32. The highest BCUT2D eigenvalue weighted by molar-refractivity contribution is 6.10. The highest BCUT2D eigenvalue weighted by Gasteiger charge is 2.02. The first-order valence-electron chi connectivity index (χ1n) is 4.95. The van der Waals surface area contributed by atoms with E-state index in [0.29, 0.717) is 6.17 Å². The SMILES string of the molecule is CC/C(=C/C(C)=N/C[Si])N(CC)C[Si]. The maximum absolute atomic E-state index is 4.27. The first-order valence-corrected chi connectivity index (χ1v) is 6.36. The Bertz CT molecular complexity index is 208. The Morgan fingerprint density at radius 3 is 2.36 bits per heavy atom.